The van der Waals surface area contributed by atoms with E-state index in [4.69, 9.17) is 0 Å². The summed E-state index contributed by atoms with van der Waals surface area (Å²) >= 11 is 4.90. The highest BCUT2D eigenvalue weighted by molar-refractivity contribution is 7.17. The number of aromatic nitrogens is 10. The Morgan fingerprint density at radius 2 is 1.03 bits per heavy atom. The van der Waals surface area contributed by atoms with Crippen LogP contribution in [0.25, 0.3) is 59.2 Å². The van der Waals surface area contributed by atoms with Crippen LogP contribution in [0, 0.1) is 5.92 Å². The van der Waals surface area contributed by atoms with E-state index in [1.54, 1.807) is 53.0 Å². The molecule has 3 N–H and O–H groups in total. The molecule has 0 spiro atoms. The number of fused-ring (bicyclic) bond motifs is 4. The van der Waals surface area contributed by atoms with E-state index in [0.29, 0.717) is 17.8 Å². The first-order valence-electron chi connectivity index (χ1n) is 26.9. The third-order valence-corrected chi connectivity index (χ3v) is 17.7. The Morgan fingerprint density at radius 3 is 1.59 bits per heavy atom. The van der Waals surface area contributed by atoms with E-state index in [9.17, 15) is 0 Å². The molecule has 2 aromatic carbocycles. The van der Waals surface area contributed by atoms with Crippen molar-refractivity contribution in [2.24, 2.45) is 5.92 Å². The van der Waals surface area contributed by atoms with Gasteiger partial charge in [0.25, 0.3) is 0 Å². The van der Waals surface area contributed by atoms with Gasteiger partial charge in [-0.25, -0.2) is 29.9 Å². The molecular formula is C62H57N13S3. The number of allylic oxidation sites excluding steroid dienone is 1. The van der Waals surface area contributed by atoms with E-state index >= 15 is 0 Å². The van der Waals surface area contributed by atoms with Crippen LogP contribution in [0.3, 0.4) is 0 Å². The highest BCUT2D eigenvalue weighted by Crippen LogP contribution is 2.48. The molecule has 11 aromatic rings. The lowest BCUT2D eigenvalue weighted by atomic mass is 9.93. The minimum absolute atomic E-state index is 0.0977. The van der Waals surface area contributed by atoms with Gasteiger partial charge in [-0.05, 0) is 169 Å². The summed E-state index contributed by atoms with van der Waals surface area (Å²) in [6.45, 7) is 6.46. The topological polar surface area (TPSA) is 165 Å². The van der Waals surface area contributed by atoms with E-state index in [-0.39, 0.29) is 18.1 Å². The summed E-state index contributed by atoms with van der Waals surface area (Å²) in [4.78, 5) is 38.3. The van der Waals surface area contributed by atoms with Crippen molar-refractivity contribution >= 4 is 88.2 Å². The molecule has 3 saturated carbocycles. The second-order valence-electron chi connectivity index (χ2n) is 20.8. The van der Waals surface area contributed by atoms with Crippen molar-refractivity contribution in [2.45, 2.75) is 95.2 Å². The van der Waals surface area contributed by atoms with Gasteiger partial charge in [0.2, 0.25) is 0 Å². The van der Waals surface area contributed by atoms with Gasteiger partial charge < -0.3 is 16.0 Å². The summed E-state index contributed by atoms with van der Waals surface area (Å²) in [6.07, 6.45) is 25.1. The molecule has 16 heteroatoms. The largest absolute Gasteiger partial charge is 0.363 e. The number of nitrogens with one attached hydrogen (secondary N) is 3. The third-order valence-electron chi connectivity index (χ3n) is 15.2. The average molecular weight is 1080 g/mol. The first-order valence-corrected chi connectivity index (χ1v) is 29.5. The van der Waals surface area contributed by atoms with E-state index in [0.717, 1.165) is 82.1 Å². The average Bonchev–Trinajstić information content (AvgIpc) is 4.48. The summed E-state index contributed by atoms with van der Waals surface area (Å²) in [6, 6.07) is 30.7. The number of hydrogen-bond donors (Lipinski definition) is 3. The number of anilines is 3. The van der Waals surface area contributed by atoms with Crippen molar-refractivity contribution in [3.63, 3.8) is 0 Å². The summed E-state index contributed by atoms with van der Waals surface area (Å²) in [7, 11) is 0. The zero-order chi connectivity index (χ0) is 52.5. The lowest BCUT2D eigenvalue weighted by molar-refractivity contribution is 0.735. The first kappa shape index (κ1) is 49.6. The summed E-state index contributed by atoms with van der Waals surface area (Å²) < 4.78 is 0. The maximum absolute atomic E-state index is 4.67. The number of hydrogen-bond acceptors (Lipinski definition) is 16. The van der Waals surface area contributed by atoms with Crippen LogP contribution in [0.1, 0.15) is 134 Å². The van der Waals surface area contributed by atoms with E-state index in [1.807, 2.05) is 35.5 Å². The molecule has 78 heavy (non-hydrogen) atoms. The molecular weight excluding hydrogens is 1020 g/mol. The van der Waals surface area contributed by atoms with Gasteiger partial charge in [0, 0.05) is 47.7 Å². The maximum Gasteiger partial charge on any atom is 0.138 e. The SMILES string of the molecule is CC(Nc1ncnc2sccc12)c1ccc(-c2cc(C3CC3)cnn2)cc1.CC(Nc1ncnc2sccc12)c1ccc(-c2cncc(C3CC3)c2)nc1.CC(Nc1ncnc2sccc12)c1ccc2c(c1)C(C1CC1)C=C2. The highest BCUT2D eigenvalue weighted by atomic mass is 32.1. The van der Waals surface area contributed by atoms with Crippen LogP contribution < -0.4 is 16.0 Å². The predicted molar refractivity (Wildman–Crippen MR) is 318 cm³/mol. The Morgan fingerprint density at radius 1 is 0.474 bits per heavy atom. The molecule has 4 atom stereocenters. The molecule has 388 valence electrons. The van der Waals surface area contributed by atoms with Crippen LogP contribution in [-0.4, -0.2) is 50.1 Å². The molecule has 0 amide bonds. The zero-order valence-corrected chi connectivity index (χ0v) is 45.9. The lowest BCUT2D eigenvalue weighted by Crippen LogP contribution is -2.09. The lowest BCUT2D eigenvalue weighted by Gasteiger charge is -2.18. The van der Waals surface area contributed by atoms with E-state index in [1.165, 1.54) is 71.9 Å². The first-order chi connectivity index (χ1) is 38.3. The normalized spacial score (nSPS) is 16.6. The van der Waals surface area contributed by atoms with Gasteiger partial charge in [-0.15, -0.1) is 34.0 Å². The molecule has 0 aliphatic heterocycles. The summed E-state index contributed by atoms with van der Waals surface area (Å²) in [5, 5.41) is 28.4. The molecule has 0 radical (unpaired) electrons. The van der Waals surface area contributed by atoms with Crippen LogP contribution in [0.2, 0.25) is 0 Å². The second kappa shape index (κ2) is 21.8. The Labute approximate surface area is 464 Å². The Bertz CT molecular complexity index is 3740. The van der Waals surface area contributed by atoms with Crippen LogP contribution >= 0.6 is 34.0 Å². The van der Waals surface area contributed by atoms with Crippen LogP contribution in [0.5, 0.6) is 0 Å². The van der Waals surface area contributed by atoms with Crippen LogP contribution in [0.4, 0.5) is 17.5 Å². The van der Waals surface area contributed by atoms with Gasteiger partial charge in [-0.1, -0.05) is 60.7 Å². The fraction of sp³-hybridized carbons (Fsp3) is 0.258. The molecule has 9 aromatic heterocycles. The number of rotatable bonds is 14. The van der Waals surface area contributed by atoms with Gasteiger partial charge >= 0.3 is 0 Å². The number of thiophene rings is 3. The second-order valence-corrected chi connectivity index (χ2v) is 23.5. The summed E-state index contributed by atoms with van der Waals surface area (Å²) in [5.41, 5.74) is 13.3. The van der Waals surface area contributed by atoms with Crippen molar-refractivity contribution < 1.29 is 0 Å². The van der Waals surface area contributed by atoms with Crippen LogP contribution in [0.15, 0.2) is 151 Å². The van der Waals surface area contributed by atoms with Crippen LogP contribution in [-0.2, 0) is 0 Å². The van der Waals surface area contributed by atoms with Gasteiger partial charge in [-0.2, -0.15) is 10.2 Å². The monoisotopic (exact) mass is 1080 g/mol. The van der Waals surface area contributed by atoms with E-state index < -0.39 is 0 Å². The predicted octanol–water partition coefficient (Wildman–Crippen LogP) is 15.8. The van der Waals surface area contributed by atoms with Crippen molar-refractivity contribution in [1.29, 1.82) is 0 Å². The van der Waals surface area contributed by atoms with Crippen molar-refractivity contribution in [2.75, 3.05) is 16.0 Å². The molecule has 4 unspecified atom stereocenters. The fourth-order valence-electron chi connectivity index (χ4n) is 10.2. The van der Waals surface area contributed by atoms with Gasteiger partial charge in [-0.3, -0.25) is 9.97 Å². The summed E-state index contributed by atoms with van der Waals surface area (Å²) in [5.74, 6) is 5.54. The molecule has 15 rings (SSSR count). The molecule has 3 fully saturated rings. The molecule has 0 bridgehead atoms. The van der Waals surface area contributed by atoms with E-state index in [2.05, 4.69) is 189 Å². The standard InChI is InChI=1S/2C21H19N5S.C20H19N3S/c1-13(25-20-18-8-9-27-21(18)23-12-22-20)14-2-6-16(7-3-14)19-10-17(11-24-26-19)15-4-5-15;1-13(26-20-18-6-7-27-21(18)25-12-24-20)15-4-5-19(23-11-15)17-8-16(9-22-10-17)14-2-3-14;1-12(23-19-17-8-9-24-20(17)22-11-21-19)15-5-4-14-6-7-16(13-2-3-13)18(14)10-15/h2-3,6-13,15H,4-5H2,1H3,(H,22,23,25);4-14H,2-3H2,1H3,(H,24,25,26);4-13,16H,2-3H2,1H3,(H,21,22,23). The maximum atomic E-state index is 4.67. The number of pyridine rings is 2. The molecule has 4 aliphatic rings. The van der Waals surface area contributed by atoms with Crippen molar-refractivity contribution in [3.05, 3.63) is 190 Å². The van der Waals surface area contributed by atoms with Gasteiger partial charge in [0.1, 0.15) is 50.9 Å². The third kappa shape index (κ3) is 11.0. The van der Waals surface area contributed by atoms with Gasteiger partial charge in [0.15, 0.2) is 0 Å². The molecule has 9 heterocycles. The Kier molecular flexibility index (Phi) is 13.9. The zero-order valence-electron chi connectivity index (χ0n) is 43.5. The highest BCUT2D eigenvalue weighted by Gasteiger charge is 2.34. The smallest absolute Gasteiger partial charge is 0.138 e. The quantitative estimate of drug-likeness (QED) is 0.0943. The van der Waals surface area contributed by atoms with Crippen molar-refractivity contribution in [3.8, 4) is 22.5 Å². The molecule has 0 saturated heterocycles. The molecule has 13 nitrogen and oxygen atoms in total. The minimum Gasteiger partial charge on any atom is -0.363 e. The fourth-order valence-corrected chi connectivity index (χ4v) is 12.4. The molecule has 4 aliphatic carbocycles. The number of benzene rings is 2. The van der Waals surface area contributed by atoms with Crippen molar-refractivity contribution in [1.82, 2.24) is 50.1 Å². The minimum atomic E-state index is 0.0977. The number of nitrogens with zero attached hydrogens (tertiary/aromatic N) is 10. The Hall–Kier alpha value is -7.92. The van der Waals surface area contributed by atoms with Gasteiger partial charge in [0.05, 0.1) is 39.8 Å². The Balaban J connectivity index is 0.000000111.